The molecule has 4 heterocycles. The van der Waals surface area contributed by atoms with Crippen LogP contribution in [0.5, 0.6) is 0 Å². The average molecular weight is 590 g/mol. The van der Waals surface area contributed by atoms with Gasteiger partial charge in [0.25, 0.3) is 0 Å². The van der Waals surface area contributed by atoms with Crippen LogP contribution in [-0.2, 0) is 11.3 Å². The van der Waals surface area contributed by atoms with E-state index >= 15 is 4.39 Å². The van der Waals surface area contributed by atoms with Gasteiger partial charge in [0, 0.05) is 31.7 Å². The van der Waals surface area contributed by atoms with Gasteiger partial charge in [-0.05, 0) is 29.3 Å². The molecule has 0 saturated carbocycles. The fourth-order valence-electron chi connectivity index (χ4n) is 3.99. The predicted molar refractivity (Wildman–Crippen MR) is 132 cm³/mol. The Kier molecular flexibility index (Phi) is 7.89. The molecule has 1 aliphatic heterocycles. The van der Waals surface area contributed by atoms with E-state index in [9.17, 15) is 14.7 Å². The number of Topliss-reactive ketones (excluding diaryl/α,β-unsaturated/α-hetero) is 1. The molecule has 1 aliphatic rings. The number of anilines is 1. The fraction of sp³-hybridized carbons (Fsp3) is 0.476. The summed E-state index contributed by atoms with van der Waals surface area (Å²) in [5.41, 5.74) is 1.19. The zero-order valence-electron chi connectivity index (χ0n) is 18.9. The Morgan fingerprint density at radius 3 is 2.86 bits per heavy atom. The Hall–Kier alpha value is -2.35. The number of hydrogen-bond donors (Lipinski definition) is 2. The molecule has 14 heteroatoms. The minimum Gasteiger partial charge on any atom is -0.477 e. The number of carboxylic acid groups (broad SMARTS) is 1. The number of aromatic nitrogens is 5. The first-order valence-electron chi connectivity index (χ1n) is 10.8. The van der Waals surface area contributed by atoms with Crippen LogP contribution in [0.25, 0.3) is 11.5 Å². The molecule has 3 aromatic rings. The molecule has 0 aromatic carbocycles. The summed E-state index contributed by atoms with van der Waals surface area (Å²) in [7, 11) is 1.55. The lowest BCUT2D eigenvalue weighted by atomic mass is 9.89. The number of methoxy groups -OCH3 is 1. The van der Waals surface area contributed by atoms with E-state index in [1.807, 2.05) is 0 Å². The molecule has 0 amide bonds. The van der Waals surface area contributed by atoms with Crippen LogP contribution in [0.15, 0.2) is 10.8 Å². The monoisotopic (exact) mass is 588 g/mol. The summed E-state index contributed by atoms with van der Waals surface area (Å²) >= 11 is 10.4. The molecule has 0 aliphatic carbocycles. The summed E-state index contributed by atoms with van der Waals surface area (Å²) in [5.74, 6) is -1.52. The van der Waals surface area contributed by atoms with E-state index in [1.165, 1.54) is 11.0 Å². The molecule has 0 bridgehead atoms. The number of alkyl halides is 1. The van der Waals surface area contributed by atoms with Gasteiger partial charge in [0.2, 0.25) is 0 Å². The first-order chi connectivity index (χ1) is 16.7. The van der Waals surface area contributed by atoms with Crippen LogP contribution in [0.1, 0.15) is 38.7 Å². The number of piperidine rings is 1. The van der Waals surface area contributed by atoms with Crippen molar-refractivity contribution in [3.8, 4) is 11.5 Å². The van der Waals surface area contributed by atoms with Crippen molar-refractivity contribution >= 4 is 55.8 Å². The van der Waals surface area contributed by atoms with Crippen LogP contribution < -0.4 is 4.90 Å². The highest BCUT2D eigenvalue weighted by molar-refractivity contribution is 9.10. The SMILES string of the molecule is COCCn1ncnc1-c1nc(N2CC[C@@H](CC(=O)c3[nH]c(C)c(Cl)c3Br)[C@@H](F)C2)sc1C(=O)O. The third kappa shape index (κ3) is 5.27. The van der Waals surface area contributed by atoms with Crippen molar-refractivity contribution in [1.82, 2.24) is 24.7 Å². The Bertz CT molecular complexity index is 1250. The second-order valence-corrected chi connectivity index (χ2v) is 10.3. The second kappa shape index (κ2) is 10.7. The lowest BCUT2D eigenvalue weighted by molar-refractivity contribution is 0.0702. The molecule has 3 aromatic heterocycles. The Labute approximate surface area is 217 Å². The van der Waals surface area contributed by atoms with Crippen molar-refractivity contribution in [3.63, 3.8) is 0 Å². The van der Waals surface area contributed by atoms with E-state index in [1.54, 1.807) is 18.9 Å². The van der Waals surface area contributed by atoms with Gasteiger partial charge in [-0.25, -0.2) is 23.8 Å². The summed E-state index contributed by atoms with van der Waals surface area (Å²) in [4.78, 5) is 38.0. The van der Waals surface area contributed by atoms with Crippen LogP contribution in [0.2, 0.25) is 5.02 Å². The zero-order chi connectivity index (χ0) is 25.3. The standard InChI is InChI=1S/C21H23BrClFN6O4S/c1-10-15(23)14(22)16(27-10)13(31)7-11-3-4-29(8-12(11)24)21-28-17(18(35-21)20(32)33)19-25-9-26-30(19)5-6-34-2/h9,11-12,27H,3-8H2,1-2H3,(H,32,33)/t11-,12-/m0/s1. The number of ketones is 1. The first-order valence-corrected chi connectivity index (χ1v) is 12.8. The van der Waals surface area contributed by atoms with Gasteiger partial charge in [0.05, 0.1) is 34.9 Å². The number of H-pyrrole nitrogens is 1. The molecule has 0 unspecified atom stereocenters. The van der Waals surface area contributed by atoms with Gasteiger partial charge in [0.1, 0.15) is 23.1 Å². The smallest absolute Gasteiger partial charge is 0.348 e. The van der Waals surface area contributed by atoms with Gasteiger partial charge in [-0.3, -0.25) is 4.79 Å². The molecule has 1 fully saturated rings. The Morgan fingerprint density at radius 2 is 2.23 bits per heavy atom. The number of aromatic amines is 1. The van der Waals surface area contributed by atoms with E-state index < -0.39 is 18.1 Å². The highest BCUT2D eigenvalue weighted by atomic mass is 79.9. The minimum atomic E-state index is -1.29. The number of nitrogens with one attached hydrogen (secondary N) is 1. The summed E-state index contributed by atoms with van der Waals surface area (Å²) in [6.07, 6.45) is 0.492. The first kappa shape index (κ1) is 25.7. The van der Waals surface area contributed by atoms with Crippen LogP contribution >= 0.6 is 38.9 Å². The predicted octanol–water partition coefficient (Wildman–Crippen LogP) is 4.24. The fourth-order valence-corrected chi connectivity index (χ4v) is 5.69. The van der Waals surface area contributed by atoms with Crippen LogP contribution in [0, 0.1) is 12.8 Å². The largest absolute Gasteiger partial charge is 0.477 e. The number of aromatic carboxylic acids is 1. The van der Waals surface area contributed by atoms with Crippen molar-refractivity contribution in [2.24, 2.45) is 5.92 Å². The van der Waals surface area contributed by atoms with Gasteiger partial charge in [0.15, 0.2) is 16.7 Å². The summed E-state index contributed by atoms with van der Waals surface area (Å²) in [6.45, 7) is 2.95. The number of hydrogen-bond acceptors (Lipinski definition) is 8. The third-order valence-electron chi connectivity index (χ3n) is 5.87. The lowest BCUT2D eigenvalue weighted by Gasteiger charge is -2.34. The molecule has 4 rings (SSSR count). The molecule has 10 nitrogen and oxygen atoms in total. The van der Waals surface area contributed by atoms with E-state index in [2.05, 4.69) is 36.0 Å². The van der Waals surface area contributed by atoms with Crippen molar-refractivity contribution in [3.05, 3.63) is 32.1 Å². The molecule has 0 radical (unpaired) electrons. The van der Waals surface area contributed by atoms with Gasteiger partial charge in [-0.2, -0.15) is 5.10 Å². The molecule has 2 N–H and O–H groups in total. The topological polar surface area (TPSA) is 126 Å². The Balaban J connectivity index is 1.49. The van der Waals surface area contributed by atoms with Gasteiger partial charge >= 0.3 is 5.97 Å². The maximum atomic E-state index is 15.2. The van der Waals surface area contributed by atoms with Gasteiger partial charge < -0.3 is 19.7 Å². The lowest BCUT2D eigenvalue weighted by Crippen LogP contribution is -2.42. The number of nitrogens with zero attached hydrogens (tertiary/aromatic N) is 5. The molecular weight excluding hydrogens is 567 g/mol. The normalized spacial score (nSPS) is 18.3. The van der Waals surface area contributed by atoms with Crippen molar-refractivity contribution < 1.29 is 23.8 Å². The summed E-state index contributed by atoms with van der Waals surface area (Å²) in [6, 6.07) is 0. The molecule has 188 valence electrons. The summed E-state index contributed by atoms with van der Waals surface area (Å²) < 4.78 is 22.2. The molecule has 2 atom stereocenters. The number of aryl methyl sites for hydroxylation is 1. The highest BCUT2D eigenvalue weighted by Gasteiger charge is 2.34. The van der Waals surface area contributed by atoms with Gasteiger partial charge in [-0.1, -0.05) is 22.9 Å². The van der Waals surface area contributed by atoms with Crippen LogP contribution in [0.3, 0.4) is 0 Å². The molecule has 35 heavy (non-hydrogen) atoms. The number of carbonyl (C=O) groups is 2. The van der Waals surface area contributed by atoms with Crippen LogP contribution in [-0.4, -0.2) is 74.6 Å². The van der Waals surface area contributed by atoms with E-state index in [4.69, 9.17) is 16.3 Å². The highest BCUT2D eigenvalue weighted by Crippen LogP contribution is 2.36. The van der Waals surface area contributed by atoms with Crippen molar-refractivity contribution in [2.75, 3.05) is 31.7 Å². The number of carboxylic acids is 1. The van der Waals surface area contributed by atoms with E-state index in [0.29, 0.717) is 58.0 Å². The number of halogens is 3. The number of thiazole rings is 1. The maximum absolute atomic E-state index is 15.2. The average Bonchev–Trinajstić information content (AvgIpc) is 3.53. The van der Waals surface area contributed by atoms with E-state index in [0.717, 1.165) is 11.3 Å². The Morgan fingerprint density at radius 1 is 1.46 bits per heavy atom. The molecule has 1 saturated heterocycles. The second-order valence-electron chi connectivity index (χ2n) is 8.17. The van der Waals surface area contributed by atoms with Crippen molar-refractivity contribution in [2.45, 2.75) is 32.5 Å². The van der Waals surface area contributed by atoms with E-state index in [-0.39, 0.29) is 29.3 Å². The zero-order valence-corrected chi connectivity index (χ0v) is 22.1. The van der Waals surface area contributed by atoms with Gasteiger partial charge in [-0.15, -0.1) is 0 Å². The third-order valence-corrected chi connectivity index (χ3v) is 8.47. The number of rotatable bonds is 9. The molecular formula is C21H23BrClFN6O4S. The molecule has 0 spiro atoms. The summed E-state index contributed by atoms with van der Waals surface area (Å²) in [5, 5.41) is 14.7. The van der Waals surface area contributed by atoms with Crippen LogP contribution in [0.4, 0.5) is 9.52 Å². The number of ether oxygens (including phenoxy) is 1. The number of carbonyl (C=O) groups excluding carboxylic acids is 1. The van der Waals surface area contributed by atoms with Crippen molar-refractivity contribution in [1.29, 1.82) is 0 Å². The minimum absolute atomic E-state index is 0.00298. The quantitative estimate of drug-likeness (QED) is 0.355. The maximum Gasteiger partial charge on any atom is 0.348 e.